The van der Waals surface area contributed by atoms with Crippen molar-refractivity contribution in [1.82, 2.24) is 19.7 Å². The Balaban J connectivity index is 1.31. The van der Waals surface area contributed by atoms with Crippen LogP contribution in [0.15, 0.2) is 71.0 Å². The van der Waals surface area contributed by atoms with E-state index in [2.05, 4.69) is 44.8 Å². The fourth-order valence-corrected chi connectivity index (χ4v) is 4.01. The van der Waals surface area contributed by atoms with Crippen LogP contribution >= 0.6 is 11.8 Å². The summed E-state index contributed by atoms with van der Waals surface area (Å²) in [6, 6.07) is 14.0. The first-order chi connectivity index (χ1) is 13.7. The van der Waals surface area contributed by atoms with Crippen molar-refractivity contribution in [1.29, 1.82) is 5.41 Å². The molecule has 1 aliphatic heterocycles. The lowest BCUT2D eigenvalue weighted by atomic mass is 10.1. The number of nitrogens with two attached hydrogens (primary N) is 1. The summed E-state index contributed by atoms with van der Waals surface area (Å²) in [5, 5.41) is 15.1. The van der Waals surface area contributed by atoms with Gasteiger partial charge in [-0.2, -0.15) is 0 Å². The first-order valence-corrected chi connectivity index (χ1v) is 9.56. The highest BCUT2D eigenvalue weighted by Gasteiger charge is 2.18. The molecule has 0 atom stereocenters. The minimum absolute atomic E-state index is 0.0801. The van der Waals surface area contributed by atoms with E-state index in [-0.39, 0.29) is 5.84 Å². The normalized spacial score (nSPS) is 12.1. The number of amidine groups is 1. The molecule has 1 aliphatic rings. The van der Waals surface area contributed by atoms with E-state index >= 15 is 0 Å². The standard InChI is InChI=1S/C20H17N7S/c21-18(22)14-4-2-13(3-5-14)16-11-27(26-16)10-12-1-6-17-15(9-12)25-19-20(28-17)24-8-7-23-19/h1-9,11,26H,10H2,(H3,21,22)(H,23,25). The van der Waals surface area contributed by atoms with Crippen LogP contribution in [0.4, 0.5) is 11.5 Å². The number of hydrogen-bond acceptors (Lipinski definition) is 5. The molecule has 8 heteroatoms. The van der Waals surface area contributed by atoms with Crippen molar-refractivity contribution in [3.05, 3.63) is 72.2 Å². The third-order valence-corrected chi connectivity index (χ3v) is 5.65. The number of nitrogens with zero attached hydrogens (tertiary/aromatic N) is 3. The van der Waals surface area contributed by atoms with Gasteiger partial charge in [-0.3, -0.25) is 15.2 Å². The number of H-pyrrole nitrogens is 1. The van der Waals surface area contributed by atoms with Crippen LogP contribution in [-0.4, -0.2) is 25.6 Å². The van der Waals surface area contributed by atoms with E-state index in [1.54, 1.807) is 24.2 Å². The molecule has 0 saturated heterocycles. The van der Waals surface area contributed by atoms with E-state index in [0.29, 0.717) is 0 Å². The second kappa shape index (κ2) is 6.58. The Labute approximate surface area is 165 Å². The van der Waals surface area contributed by atoms with E-state index in [9.17, 15) is 0 Å². The van der Waals surface area contributed by atoms with Gasteiger partial charge in [0.15, 0.2) is 5.82 Å². The Hall–Kier alpha value is -3.52. The highest BCUT2D eigenvalue weighted by Crippen LogP contribution is 2.42. The number of hydrogen-bond donors (Lipinski definition) is 4. The van der Waals surface area contributed by atoms with Gasteiger partial charge in [0, 0.05) is 34.6 Å². The van der Waals surface area contributed by atoms with Crippen LogP contribution in [0.2, 0.25) is 0 Å². The van der Waals surface area contributed by atoms with Crippen LogP contribution in [0.1, 0.15) is 11.1 Å². The van der Waals surface area contributed by atoms with Crippen LogP contribution in [-0.2, 0) is 6.54 Å². The summed E-state index contributed by atoms with van der Waals surface area (Å²) in [5.74, 6) is 0.881. The van der Waals surface area contributed by atoms with Crippen molar-refractivity contribution in [3.63, 3.8) is 0 Å². The summed E-state index contributed by atoms with van der Waals surface area (Å²) in [4.78, 5) is 9.85. The first kappa shape index (κ1) is 16.6. The summed E-state index contributed by atoms with van der Waals surface area (Å²) < 4.78 is 2.04. The van der Waals surface area contributed by atoms with Gasteiger partial charge in [0.1, 0.15) is 10.9 Å². The molecule has 138 valence electrons. The van der Waals surface area contributed by atoms with E-state index in [0.717, 1.165) is 44.8 Å². The number of aromatic amines is 1. The number of anilines is 2. The lowest BCUT2D eigenvalue weighted by Gasteiger charge is -2.20. The zero-order chi connectivity index (χ0) is 19.1. The molecule has 0 amide bonds. The predicted molar refractivity (Wildman–Crippen MR) is 110 cm³/mol. The molecular weight excluding hydrogens is 370 g/mol. The molecule has 3 heterocycles. The van der Waals surface area contributed by atoms with Crippen molar-refractivity contribution in [3.8, 4) is 11.3 Å². The molecule has 2 aromatic carbocycles. The molecule has 4 aromatic rings. The van der Waals surface area contributed by atoms with Gasteiger partial charge in [0.25, 0.3) is 0 Å². The Kier molecular flexibility index (Phi) is 3.91. The highest BCUT2D eigenvalue weighted by atomic mass is 32.2. The lowest BCUT2D eigenvalue weighted by molar-refractivity contribution is 0.632. The molecule has 7 nitrogen and oxygen atoms in total. The summed E-state index contributed by atoms with van der Waals surface area (Å²) in [6.45, 7) is 0.752. The number of nitrogen functional groups attached to an aromatic ring is 1. The van der Waals surface area contributed by atoms with Gasteiger partial charge in [-0.25, -0.2) is 9.97 Å². The molecule has 0 radical (unpaired) electrons. The maximum atomic E-state index is 7.46. The molecule has 5 rings (SSSR count). The summed E-state index contributed by atoms with van der Waals surface area (Å²) >= 11 is 1.63. The van der Waals surface area contributed by atoms with Crippen molar-refractivity contribution in [2.45, 2.75) is 16.5 Å². The number of rotatable bonds is 4. The Bertz CT molecular complexity index is 1160. The fourth-order valence-electron chi connectivity index (χ4n) is 3.14. The van der Waals surface area contributed by atoms with E-state index in [1.165, 1.54) is 5.56 Å². The van der Waals surface area contributed by atoms with Crippen molar-refractivity contribution >= 4 is 29.1 Å². The number of nitrogens with one attached hydrogen (secondary N) is 3. The first-order valence-electron chi connectivity index (χ1n) is 8.74. The zero-order valence-electron chi connectivity index (χ0n) is 14.8. The highest BCUT2D eigenvalue weighted by molar-refractivity contribution is 7.99. The predicted octanol–water partition coefficient (Wildman–Crippen LogP) is 3.81. The SMILES string of the molecule is N=C(N)c1ccc(-c2cn(Cc3ccc4c(c3)Nc3nccnc3S4)[nH]2)cc1. The maximum absolute atomic E-state index is 7.46. The minimum Gasteiger partial charge on any atom is -0.384 e. The summed E-state index contributed by atoms with van der Waals surface area (Å²) in [7, 11) is 0. The summed E-state index contributed by atoms with van der Waals surface area (Å²) in [5.41, 5.74) is 10.6. The lowest BCUT2D eigenvalue weighted by Crippen LogP contribution is -2.13. The topological polar surface area (TPSA) is 108 Å². The molecule has 0 bridgehead atoms. The quantitative estimate of drug-likeness (QED) is 0.277. The van der Waals surface area contributed by atoms with Crippen LogP contribution < -0.4 is 11.1 Å². The molecule has 0 spiro atoms. The van der Waals surface area contributed by atoms with Gasteiger partial charge in [-0.05, 0) is 17.7 Å². The zero-order valence-corrected chi connectivity index (χ0v) is 15.6. The molecular formula is C20H17N7S. The van der Waals surface area contributed by atoms with Gasteiger partial charge in [-0.1, -0.05) is 42.1 Å². The fraction of sp³-hybridized carbons (Fsp3) is 0.0500. The van der Waals surface area contributed by atoms with Crippen LogP contribution in [0.5, 0.6) is 0 Å². The number of benzene rings is 2. The molecule has 0 aliphatic carbocycles. The molecule has 5 N–H and O–H groups in total. The third kappa shape index (κ3) is 3.03. The second-order valence-electron chi connectivity index (χ2n) is 6.54. The molecule has 28 heavy (non-hydrogen) atoms. The second-order valence-corrected chi connectivity index (χ2v) is 7.57. The van der Waals surface area contributed by atoms with Gasteiger partial charge >= 0.3 is 0 Å². The molecule has 2 aromatic heterocycles. The van der Waals surface area contributed by atoms with E-state index in [4.69, 9.17) is 11.1 Å². The number of aromatic nitrogens is 4. The minimum atomic E-state index is 0.0801. The van der Waals surface area contributed by atoms with Crippen molar-refractivity contribution in [2.24, 2.45) is 5.73 Å². The van der Waals surface area contributed by atoms with Crippen molar-refractivity contribution in [2.75, 3.05) is 5.32 Å². The third-order valence-electron chi connectivity index (χ3n) is 4.58. The average molecular weight is 387 g/mol. The Morgan fingerprint density at radius 1 is 1.11 bits per heavy atom. The van der Waals surface area contributed by atoms with E-state index < -0.39 is 0 Å². The Morgan fingerprint density at radius 3 is 2.68 bits per heavy atom. The molecule has 0 saturated carbocycles. The maximum Gasteiger partial charge on any atom is 0.163 e. The van der Waals surface area contributed by atoms with Gasteiger partial charge < -0.3 is 11.1 Å². The smallest absolute Gasteiger partial charge is 0.163 e. The largest absolute Gasteiger partial charge is 0.384 e. The average Bonchev–Trinajstić information content (AvgIpc) is 2.69. The molecule has 0 fully saturated rings. The van der Waals surface area contributed by atoms with Gasteiger partial charge in [-0.15, -0.1) is 0 Å². The monoisotopic (exact) mass is 387 g/mol. The van der Waals surface area contributed by atoms with Crippen molar-refractivity contribution < 1.29 is 0 Å². The van der Waals surface area contributed by atoms with Crippen LogP contribution in [0, 0.1) is 5.41 Å². The van der Waals surface area contributed by atoms with Crippen LogP contribution in [0.25, 0.3) is 11.3 Å². The van der Waals surface area contributed by atoms with Gasteiger partial charge in [0.2, 0.25) is 0 Å². The number of fused-ring (bicyclic) bond motifs is 2. The summed E-state index contributed by atoms with van der Waals surface area (Å²) in [6.07, 6.45) is 5.48. The van der Waals surface area contributed by atoms with Gasteiger partial charge in [0.05, 0.1) is 17.9 Å². The Morgan fingerprint density at radius 2 is 1.89 bits per heavy atom. The van der Waals surface area contributed by atoms with Crippen LogP contribution in [0.3, 0.4) is 0 Å². The molecule has 0 unspecified atom stereocenters. The van der Waals surface area contributed by atoms with E-state index in [1.807, 2.05) is 28.9 Å².